The molecule has 0 amide bonds. The molecule has 2 rings (SSSR count). The van der Waals surface area contributed by atoms with Crippen LogP contribution in [-0.4, -0.2) is 9.97 Å². The van der Waals surface area contributed by atoms with Gasteiger partial charge in [-0.3, -0.25) is 0 Å². The molecule has 0 aliphatic rings. The molecule has 0 saturated heterocycles. The third kappa shape index (κ3) is 3.36. The number of nitrogens with one attached hydrogen (secondary N) is 1. The standard InChI is InChI=1S/C11H6BrClF3N3/c12-7-5-17-10(13)19-9(7)18-8-4-2-1-3-6(8)11(14,15)16/h1-5H,(H,17,18,19). The molecular weight excluding hydrogens is 346 g/mol. The molecule has 0 spiro atoms. The molecule has 0 atom stereocenters. The molecule has 0 saturated carbocycles. The summed E-state index contributed by atoms with van der Waals surface area (Å²) >= 11 is 8.74. The Labute approximate surface area is 120 Å². The average Bonchev–Trinajstić information content (AvgIpc) is 2.33. The van der Waals surface area contributed by atoms with Gasteiger partial charge in [-0.1, -0.05) is 12.1 Å². The van der Waals surface area contributed by atoms with E-state index in [1.807, 2.05) is 0 Å². The third-order valence-electron chi connectivity index (χ3n) is 2.20. The second kappa shape index (κ2) is 5.34. The molecule has 8 heteroatoms. The van der Waals surface area contributed by atoms with Gasteiger partial charge in [-0.2, -0.15) is 18.2 Å². The maximum absolute atomic E-state index is 12.8. The molecule has 3 nitrogen and oxygen atoms in total. The Balaban J connectivity index is 2.41. The summed E-state index contributed by atoms with van der Waals surface area (Å²) in [6.07, 6.45) is -3.10. The summed E-state index contributed by atoms with van der Waals surface area (Å²) < 4.78 is 38.9. The fraction of sp³-hybridized carbons (Fsp3) is 0.0909. The minimum atomic E-state index is -4.45. The minimum absolute atomic E-state index is 0.0600. The van der Waals surface area contributed by atoms with Gasteiger partial charge in [0, 0.05) is 6.20 Å². The molecule has 0 radical (unpaired) electrons. The number of hydrogen-bond acceptors (Lipinski definition) is 3. The molecule has 0 bridgehead atoms. The monoisotopic (exact) mass is 351 g/mol. The molecule has 19 heavy (non-hydrogen) atoms. The van der Waals surface area contributed by atoms with E-state index in [4.69, 9.17) is 11.6 Å². The van der Waals surface area contributed by atoms with Crippen LogP contribution in [0.2, 0.25) is 5.28 Å². The average molecular weight is 353 g/mol. The zero-order valence-electron chi connectivity index (χ0n) is 9.17. The smallest absolute Gasteiger partial charge is 0.339 e. The number of alkyl halides is 3. The van der Waals surface area contributed by atoms with E-state index in [0.717, 1.165) is 6.07 Å². The maximum Gasteiger partial charge on any atom is 0.418 e. The van der Waals surface area contributed by atoms with Crippen LogP contribution in [0.1, 0.15) is 5.56 Å². The second-order valence-electron chi connectivity index (χ2n) is 3.50. The molecular formula is C11H6BrClF3N3. The van der Waals surface area contributed by atoms with Crippen molar-refractivity contribution < 1.29 is 13.2 Å². The fourth-order valence-electron chi connectivity index (χ4n) is 1.40. The molecule has 2 aromatic rings. The number of rotatable bonds is 2. The summed E-state index contributed by atoms with van der Waals surface area (Å²) in [4.78, 5) is 7.52. The lowest BCUT2D eigenvalue weighted by Crippen LogP contribution is -2.09. The quantitative estimate of drug-likeness (QED) is 0.799. The highest BCUT2D eigenvalue weighted by Gasteiger charge is 2.33. The van der Waals surface area contributed by atoms with Gasteiger partial charge in [0.15, 0.2) is 0 Å². The molecule has 1 aromatic carbocycles. The van der Waals surface area contributed by atoms with Gasteiger partial charge in [-0.15, -0.1) is 0 Å². The number of nitrogens with zero attached hydrogens (tertiary/aromatic N) is 2. The van der Waals surface area contributed by atoms with Crippen molar-refractivity contribution in [1.29, 1.82) is 0 Å². The first-order valence-electron chi connectivity index (χ1n) is 4.99. The number of benzene rings is 1. The Morgan fingerprint density at radius 2 is 1.89 bits per heavy atom. The van der Waals surface area contributed by atoms with Crippen LogP contribution < -0.4 is 5.32 Å². The van der Waals surface area contributed by atoms with E-state index in [1.165, 1.54) is 24.4 Å². The predicted octanol–water partition coefficient (Wildman–Crippen LogP) is 4.65. The Morgan fingerprint density at radius 3 is 2.58 bits per heavy atom. The van der Waals surface area contributed by atoms with Crippen LogP contribution in [-0.2, 0) is 6.18 Å². The largest absolute Gasteiger partial charge is 0.418 e. The molecule has 0 fully saturated rings. The predicted molar refractivity (Wildman–Crippen MR) is 69.5 cm³/mol. The van der Waals surface area contributed by atoms with Gasteiger partial charge >= 0.3 is 6.18 Å². The van der Waals surface area contributed by atoms with E-state index in [9.17, 15) is 13.2 Å². The van der Waals surface area contributed by atoms with Crippen LogP contribution >= 0.6 is 27.5 Å². The summed E-state index contributed by atoms with van der Waals surface area (Å²) in [5.74, 6) is 0.164. The van der Waals surface area contributed by atoms with Gasteiger partial charge < -0.3 is 5.32 Å². The highest BCUT2D eigenvalue weighted by atomic mass is 79.9. The van der Waals surface area contributed by atoms with Gasteiger partial charge in [0.05, 0.1) is 15.7 Å². The first-order valence-corrected chi connectivity index (χ1v) is 6.16. The minimum Gasteiger partial charge on any atom is -0.339 e. The van der Waals surface area contributed by atoms with Crippen LogP contribution in [0.15, 0.2) is 34.9 Å². The number of anilines is 2. The van der Waals surface area contributed by atoms with Crippen molar-refractivity contribution in [2.24, 2.45) is 0 Å². The van der Waals surface area contributed by atoms with Crippen LogP contribution in [0, 0.1) is 0 Å². The molecule has 100 valence electrons. The van der Waals surface area contributed by atoms with Crippen molar-refractivity contribution >= 4 is 39.0 Å². The first kappa shape index (κ1) is 14.1. The van der Waals surface area contributed by atoms with Crippen LogP contribution in [0.4, 0.5) is 24.7 Å². The van der Waals surface area contributed by atoms with Gasteiger partial charge in [-0.05, 0) is 39.7 Å². The van der Waals surface area contributed by atoms with E-state index >= 15 is 0 Å². The summed E-state index contributed by atoms with van der Waals surface area (Å²) in [6.45, 7) is 0. The van der Waals surface area contributed by atoms with Crippen LogP contribution in [0.5, 0.6) is 0 Å². The first-order chi connectivity index (χ1) is 8.88. The van der Waals surface area contributed by atoms with Crippen molar-refractivity contribution in [3.8, 4) is 0 Å². The fourth-order valence-corrected chi connectivity index (χ4v) is 1.82. The van der Waals surface area contributed by atoms with Crippen LogP contribution in [0.25, 0.3) is 0 Å². The summed E-state index contributed by atoms with van der Waals surface area (Å²) in [7, 11) is 0. The highest BCUT2D eigenvalue weighted by Crippen LogP contribution is 2.36. The van der Waals surface area contributed by atoms with Crippen molar-refractivity contribution in [1.82, 2.24) is 9.97 Å². The second-order valence-corrected chi connectivity index (χ2v) is 4.70. The zero-order valence-corrected chi connectivity index (χ0v) is 11.5. The topological polar surface area (TPSA) is 37.8 Å². The lowest BCUT2D eigenvalue weighted by Gasteiger charge is -2.14. The van der Waals surface area contributed by atoms with Gasteiger partial charge in [-0.25, -0.2) is 4.98 Å². The number of aromatic nitrogens is 2. The summed E-state index contributed by atoms with van der Waals surface area (Å²) in [5, 5.41) is 2.53. The third-order valence-corrected chi connectivity index (χ3v) is 2.96. The van der Waals surface area contributed by atoms with Crippen molar-refractivity contribution in [3.63, 3.8) is 0 Å². The van der Waals surface area contributed by atoms with E-state index < -0.39 is 11.7 Å². The van der Waals surface area contributed by atoms with E-state index in [1.54, 1.807) is 0 Å². The normalized spacial score (nSPS) is 11.4. The van der Waals surface area contributed by atoms with Crippen molar-refractivity contribution in [3.05, 3.63) is 45.8 Å². The zero-order chi connectivity index (χ0) is 14.0. The molecule has 1 N–H and O–H groups in total. The number of halogens is 5. The van der Waals surface area contributed by atoms with Gasteiger partial charge in [0.25, 0.3) is 0 Å². The molecule has 0 aliphatic heterocycles. The Bertz CT molecular complexity index is 604. The highest BCUT2D eigenvalue weighted by molar-refractivity contribution is 9.10. The van der Waals surface area contributed by atoms with Gasteiger partial charge in [0.2, 0.25) is 5.28 Å². The van der Waals surface area contributed by atoms with Gasteiger partial charge in [0.1, 0.15) is 5.82 Å². The summed E-state index contributed by atoms with van der Waals surface area (Å²) in [5.41, 5.74) is -0.887. The number of hydrogen-bond donors (Lipinski definition) is 1. The lowest BCUT2D eigenvalue weighted by atomic mass is 10.1. The maximum atomic E-state index is 12.8. The molecule has 0 unspecified atom stereocenters. The van der Waals surface area contributed by atoms with Crippen molar-refractivity contribution in [2.75, 3.05) is 5.32 Å². The molecule has 1 aromatic heterocycles. The lowest BCUT2D eigenvalue weighted by molar-refractivity contribution is -0.136. The molecule has 1 heterocycles. The Morgan fingerprint density at radius 1 is 1.21 bits per heavy atom. The number of para-hydroxylation sites is 1. The van der Waals surface area contributed by atoms with Crippen molar-refractivity contribution in [2.45, 2.75) is 6.18 Å². The molecule has 0 aliphatic carbocycles. The SMILES string of the molecule is FC(F)(F)c1ccccc1Nc1nc(Cl)ncc1Br. The van der Waals surface area contributed by atoms with E-state index in [-0.39, 0.29) is 16.8 Å². The summed E-state index contributed by atoms with van der Waals surface area (Å²) in [6, 6.07) is 5.11. The van der Waals surface area contributed by atoms with E-state index in [2.05, 4.69) is 31.2 Å². The Hall–Kier alpha value is -1.34. The van der Waals surface area contributed by atoms with E-state index in [0.29, 0.717) is 4.47 Å². The Kier molecular flexibility index (Phi) is 3.96. The van der Waals surface area contributed by atoms with Crippen LogP contribution in [0.3, 0.4) is 0 Å².